The molecule has 2 aromatic rings. The number of hydrogen-bond acceptors (Lipinski definition) is 3. The van der Waals surface area contributed by atoms with Gasteiger partial charge in [0.15, 0.2) is 0 Å². The molecular formula is C13H12N2O2. The molecule has 0 radical (unpaired) electrons. The van der Waals surface area contributed by atoms with E-state index in [1.807, 2.05) is 24.3 Å². The number of fused-ring (bicyclic) bond motifs is 1. The van der Waals surface area contributed by atoms with Crippen LogP contribution in [0, 0.1) is 0 Å². The van der Waals surface area contributed by atoms with Gasteiger partial charge in [0.05, 0.1) is 12.8 Å². The second-order valence-corrected chi connectivity index (χ2v) is 4.16. The minimum absolute atomic E-state index is 0.0173. The molecule has 0 aliphatic carbocycles. The summed E-state index contributed by atoms with van der Waals surface area (Å²) in [6.45, 7) is 1.12. The molecule has 4 nitrogen and oxygen atoms in total. The number of benzene rings is 1. The Bertz CT molecular complexity index is 561. The summed E-state index contributed by atoms with van der Waals surface area (Å²) in [5, 5.41) is 0. The number of nitrogen functional groups attached to an aromatic ring is 1. The summed E-state index contributed by atoms with van der Waals surface area (Å²) in [5.41, 5.74) is 8.04. The number of furan rings is 1. The molecule has 1 aliphatic heterocycles. The zero-order valence-electron chi connectivity index (χ0n) is 9.22. The summed E-state index contributed by atoms with van der Waals surface area (Å²) in [4.78, 5) is 13.9. The molecule has 1 aliphatic rings. The molecule has 17 heavy (non-hydrogen) atoms. The summed E-state index contributed by atoms with van der Waals surface area (Å²) >= 11 is 0. The molecule has 1 aromatic heterocycles. The lowest BCUT2D eigenvalue weighted by molar-refractivity contribution is 0.0755. The van der Waals surface area contributed by atoms with Crippen LogP contribution >= 0.6 is 0 Å². The van der Waals surface area contributed by atoms with Crippen LogP contribution in [0.4, 0.5) is 5.69 Å². The van der Waals surface area contributed by atoms with Crippen LogP contribution in [0.3, 0.4) is 0 Å². The van der Waals surface area contributed by atoms with Gasteiger partial charge >= 0.3 is 0 Å². The van der Waals surface area contributed by atoms with Crippen molar-refractivity contribution >= 4 is 11.6 Å². The number of hydrogen-bond donors (Lipinski definition) is 1. The van der Waals surface area contributed by atoms with Crippen LogP contribution in [0.25, 0.3) is 0 Å². The van der Waals surface area contributed by atoms with Gasteiger partial charge < -0.3 is 15.1 Å². The third kappa shape index (κ3) is 1.67. The Hall–Kier alpha value is -2.23. The Kier molecular flexibility index (Phi) is 2.14. The second-order valence-electron chi connectivity index (χ2n) is 4.16. The monoisotopic (exact) mass is 228 g/mol. The van der Waals surface area contributed by atoms with Crippen molar-refractivity contribution < 1.29 is 9.21 Å². The number of carbonyl (C=O) groups is 1. The van der Waals surface area contributed by atoms with Gasteiger partial charge in [0.2, 0.25) is 0 Å². The maximum absolute atomic E-state index is 12.1. The molecule has 2 heterocycles. The van der Waals surface area contributed by atoms with Crippen molar-refractivity contribution in [1.29, 1.82) is 0 Å². The minimum Gasteiger partial charge on any atom is -0.467 e. The summed E-state index contributed by atoms with van der Waals surface area (Å²) in [6, 6.07) is 9.15. The number of carbonyl (C=O) groups excluding carboxylic acids is 1. The maximum atomic E-state index is 12.1. The quantitative estimate of drug-likeness (QED) is 0.800. The molecule has 4 heteroatoms. The number of nitrogens with zero attached hydrogens (tertiary/aromatic N) is 1. The van der Waals surface area contributed by atoms with E-state index >= 15 is 0 Å². The van der Waals surface area contributed by atoms with Gasteiger partial charge in [0.25, 0.3) is 5.91 Å². The van der Waals surface area contributed by atoms with E-state index in [1.165, 1.54) is 0 Å². The van der Waals surface area contributed by atoms with Crippen LogP contribution in [0.1, 0.15) is 21.7 Å². The van der Waals surface area contributed by atoms with E-state index in [4.69, 9.17) is 10.2 Å². The zero-order chi connectivity index (χ0) is 11.8. The van der Waals surface area contributed by atoms with E-state index in [-0.39, 0.29) is 5.91 Å². The second kappa shape index (κ2) is 3.66. The fraction of sp³-hybridized carbons (Fsp3) is 0.154. The molecule has 0 fully saturated rings. The standard InChI is InChI=1S/C13H12N2O2/c14-10-4-3-9-7-15(13(16)12(9)6-10)8-11-2-1-5-17-11/h1-6H,7-8,14H2. The molecule has 3 rings (SSSR count). The van der Waals surface area contributed by atoms with Gasteiger partial charge in [-0.05, 0) is 29.8 Å². The molecule has 2 N–H and O–H groups in total. The highest BCUT2D eigenvalue weighted by Crippen LogP contribution is 2.26. The largest absolute Gasteiger partial charge is 0.467 e. The Morgan fingerprint density at radius 3 is 3.00 bits per heavy atom. The average molecular weight is 228 g/mol. The Morgan fingerprint density at radius 2 is 2.24 bits per heavy atom. The van der Waals surface area contributed by atoms with Crippen LogP contribution in [0.15, 0.2) is 41.0 Å². The van der Waals surface area contributed by atoms with Crippen LogP contribution in [0.2, 0.25) is 0 Å². The van der Waals surface area contributed by atoms with Gasteiger partial charge in [0, 0.05) is 17.8 Å². The van der Waals surface area contributed by atoms with E-state index < -0.39 is 0 Å². The Morgan fingerprint density at radius 1 is 1.35 bits per heavy atom. The number of nitrogens with two attached hydrogens (primary N) is 1. The number of rotatable bonds is 2. The third-order valence-corrected chi connectivity index (χ3v) is 2.94. The summed E-state index contributed by atoms with van der Waals surface area (Å²) in [7, 11) is 0. The van der Waals surface area contributed by atoms with Crippen LogP contribution in [-0.2, 0) is 13.1 Å². The van der Waals surface area contributed by atoms with Gasteiger partial charge in [-0.1, -0.05) is 6.07 Å². The molecule has 0 unspecified atom stereocenters. The lowest BCUT2D eigenvalue weighted by Crippen LogP contribution is -2.22. The van der Waals surface area contributed by atoms with Crippen LogP contribution < -0.4 is 5.73 Å². The smallest absolute Gasteiger partial charge is 0.254 e. The first kappa shape index (κ1) is 9.96. The molecule has 1 aromatic carbocycles. The van der Waals surface area contributed by atoms with E-state index in [0.717, 1.165) is 11.3 Å². The number of amides is 1. The van der Waals surface area contributed by atoms with Crippen molar-refractivity contribution in [2.24, 2.45) is 0 Å². The molecule has 0 bridgehead atoms. The lowest BCUT2D eigenvalue weighted by atomic mass is 10.1. The normalized spacial score (nSPS) is 14.1. The van der Waals surface area contributed by atoms with E-state index in [9.17, 15) is 4.79 Å². The molecule has 1 amide bonds. The highest BCUT2D eigenvalue weighted by molar-refractivity contribution is 5.99. The first-order valence-electron chi connectivity index (χ1n) is 5.44. The zero-order valence-corrected chi connectivity index (χ0v) is 9.22. The molecule has 0 saturated carbocycles. The molecule has 0 atom stereocenters. The van der Waals surface area contributed by atoms with Crippen molar-refractivity contribution in [3.63, 3.8) is 0 Å². The fourth-order valence-electron chi connectivity index (χ4n) is 2.10. The first-order valence-corrected chi connectivity index (χ1v) is 5.44. The summed E-state index contributed by atoms with van der Waals surface area (Å²) in [5.74, 6) is 0.808. The molecular weight excluding hydrogens is 216 g/mol. The summed E-state index contributed by atoms with van der Waals surface area (Å²) < 4.78 is 5.25. The fourth-order valence-corrected chi connectivity index (χ4v) is 2.10. The van der Waals surface area contributed by atoms with Crippen LogP contribution in [0.5, 0.6) is 0 Å². The highest BCUT2D eigenvalue weighted by atomic mass is 16.3. The minimum atomic E-state index is 0.0173. The van der Waals surface area contributed by atoms with Crippen molar-refractivity contribution in [2.45, 2.75) is 13.1 Å². The maximum Gasteiger partial charge on any atom is 0.254 e. The first-order chi connectivity index (χ1) is 8.24. The molecule has 86 valence electrons. The van der Waals surface area contributed by atoms with Crippen molar-refractivity contribution in [3.8, 4) is 0 Å². The molecule has 0 spiro atoms. The Balaban J connectivity index is 1.86. The summed E-state index contributed by atoms with van der Waals surface area (Å²) in [6.07, 6.45) is 1.61. The van der Waals surface area contributed by atoms with Crippen molar-refractivity contribution in [3.05, 3.63) is 53.5 Å². The Labute approximate surface area is 98.6 Å². The average Bonchev–Trinajstić information content (AvgIpc) is 2.91. The third-order valence-electron chi connectivity index (χ3n) is 2.94. The van der Waals surface area contributed by atoms with E-state index in [1.54, 1.807) is 17.2 Å². The lowest BCUT2D eigenvalue weighted by Gasteiger charge is -2.13. The topological polar surface area (TPSA) is 59.5 Å². The van der Waals surface area contributed by atoms with Gasteiger partial charge in [-0.3, -0.25) is 4.79 Å². The molecule has 0 saturated heterocycles. The van der Waals surface area contributed by atoms with Crippen molar-refractivity contribution in [1.82, 2.24) is 4.90 Å². The van der Waals surface area contributed by atoms with E-state index in [0.29, 0.717) is 24.3 Å². The van der Waals surface area contributed by atoms with Crippen LogP contribution in [-0.4, -0.2) is 10.8 Å². The van der Waals surface area contributed by atoms with Crippen molar-refractivity contribution in [2.75, 3.05) is 5.73 Å². The van der Waals surface area contributed by atoms with E-state index in [2.05, 4.69) is 0 Å². The highest BCUT2D eigenvalue weighted by Gasteiger charge is 2.27. The van der Waals surface area contributed by atoms with Gasteiger partial charge in [-0.2, -0.15) is 0 Å². The van der Waals surface area contributed by atoms with Gasteiger partial charge in [0.1, 0.15) is 5.76 Å². The predicted molar refractivity (Wildman–Crippen MR) is 63.1 cm³/mol. The number of anilines is 1. The SMILES string of the molecule is Nc1ccc2c(c1)C(=O)N(Cc1ccco1)C2. The van der Waals surface area contributed by atoms with Gasteiger partial charge in [-0.25, -0.2) is 0 Å². The predicted octanol–water partition coefficient (Wildman–Crippen LogP) is 2.02. The van der Waals surface area contributed by atoms with Gasteiger partial charge in [-0.15, -0.1) is 0 Å².